The van der Waals surface area contributed by atoms with E-state index in [1.165, 1.54) is 0 Å². The average Bonchev–Trinajstić information content (AvgIpc) is 1.54. The molecule has 0 aromatic heterocycles. The second kappa shape index (κ2) is 22.6. The van der Waals surface area contributed by atoms with Crippen LogP contribution in [0.3, 0.4) is 0 Å². The van der Waals surface area contributed by atoms with Crippen LogP contribution < -0.4 is 16.4 Å². The second-order valence-corrected chi connectivity index (χ2v) is 1.50. The average molecular weight is 254 g/mol. The second-order valence-electron chi connectivity index (χ2n) is 1.50. The molecule has 0 aromatic carbocycles. The van der Waals surface area contributed by atoms with Gasteiger partial charge in [-0.1, -0.05) is 0 Å². The van der Waals surface area contributed by atoms with Crippen molar-refractivity contribution >= 4 is 17.9 Å². The molecule has 0 unspecified atom stereocenters. The van der Waals surface area contributed by atoms with Gasteiger partial charge in [0.25, 0.3) is 5.97 Å². The van der Waals surface area contributed by atoms with Crippen molar-refractivity contribution in [2.75, 3.05) is 0 Å². The molecule has 0 amide bonds. The van der Waals surface area contributed by atoms with Crippen LogP contribution >= 0.6 is 0 Å². The van der Waals surface area contributed by atoms with E-state index < -0.39 is 17.9 Å². The zero-order chi connectivity index (χ0) is 10.7. The molecule has 1 radical (unpaired) electrons. The third-order valence-electron chi connectivity index (χ3n) is 0. The monoisotopic (exact) mass is 254 g/mol. The Balaban J connectivity index is -0.0000000270. The molecule has 8 heteroatoms. The minimum atomic E-state index is -1.08. The molecule has 0 heterocycles. The normalized spacial score (nSPS) is 5.36. The summed E-state index contributed by atoms with van der Waals surface area (Å²) in [5.74, 6) is -3.00. The van der Waals surface area contributed by atoms with Crippen LogP contribution in [0.2, 0.25) is 0 Å². The topological polar surface area (TPSA) is 153 Å². The van der Waals surface area contributed by atoms with Crippen LogP contribution in [0.25, 0.3) is 0 Å². The molecule has 0 aromatic rings. The van der Waals surface area contributed by atoms with Crippen LogP contribution in [0, 0.1) is 0 Å². The van der Waals surface area contributed by atoms with Crippen molar-refractivity contribution in [2.24, 2.45) is 0 Å². The summed E-state index contributed by atoms with van der Waals surface area (Å²) >= 11 is 0. The summed E-state index contributed by atoms with van der Waals surface area (Å²) in [5.41, 5.74) is 0. The fraction of sp³-hybridized carbons (Fsp3) is 0.500. The number of carboxylic acid groups (broad SMARTS) is 3. The van der Waals surface area contributed by atoms with Crippen LogP contribution in [-0.2, 0) is 31.2 Å². The Labute approximate surface area is 91.9 Å². The van der Waals surface area contributed by atoms with Crippen molar-refractivity contribution in [3.8, 4) is 0 Å². The van der Waals surface area contributed by atoms with Gasteiger partial charge in [-0.05, 0) is 13.8 Å². The quantitative estimate of drug-likeness (QED) is 0.495. The Morgan fingerprint density at radius 3 is 0.929 bits per heavy atom. The van der Waals surface area contributed by atoms with E-state index in [4.69, 9.17) is 29.7 Å². The first-order chi connectivity index (χ1) is 5.20. The third kappa shape index (κ3) is 841. The molecular weight excluding hydrogens is 241 g/mol. The Morgan fingerprint density at radius 2 is 0.929 bits per heavy atom. The van der Waals surface area contributed by atoms with Crippen molar-refractivity contribution in [1.29, 1.82) is 0 Å². The van der Waals surface area contributed by atoms with Gasteiger partial charge in [0.15, 0.2) is 0 Å². The minimum Gasteiger partial charge on any atom is -0.550 e. The number of rotatable bonds is 0. The largest absolute Gasteiger partial charge is 2.00 e. The number of carbonyl (C=O) groups excluding carboxylic acids is 2. The number of carbonyl (C=O) groups is 3. The summed E-state index contributed by atoms with van der Waals surface area (Å²) in [6.45, 7) is 3.03. The van der Waals surface area contributed by atoms with Crippen molar-refractivity contribution in [3.63, 3.8) is 0 Å². The Bertz CT molecular complexity index is 120. The Morgan fingerprint density at radius 1 is 0.929 bits per heavy atom. The molecule has 87 valence electrons. The van der Waals surface area contributed by atoms with Gasteiger partial charge in [-0.2, -0.15) is 0 Å². The van der Waals surface area contributed by atoms with Gasteiger partial charge in [0.1, 0.15) is 0 Å². The smallest absolute Gasteiger partial charge is 0.550 e. The maximum atomic E-state index is 9.00. The first-order valence-electron chi connectivity index (χ1n) is 2.74. The summed E-state index contributed by atoms with van der Waals surface area (Å²) in [7, 11) is 0. The molecule has 0 aliphatic carbocycles. The zero-order valence-electron chi connectivity index (χ0n) is 8.03. The summed E-state index contributed by atoms with van der Waals surface area (Å²) in [6.07, 6.45) is 0. The van der Waals surface area contributed by atoms with E-state index in [2.05, 4.69) is 0 Å². The third-order valence-corrected chi connectivity index (χ3v) is 0. The minimum absolute atomic E-state index is 0. The Kier molecular flexibility index (Phi) is 47.4. The van der Waals surface area contributed by atoms with E-state index in [0.29, 0.717) is 0 Å². The van der Waals surface area contributed by atoms with Gasteiger partial charge >= 0.3 is 16.8 Å². The van der Waals surface area contributed by atoms with Gasteiger partial charge in [-0.15, -0.1) is 0 Å². The predicted octanol–water partition coefficient (Wildman–Crippen LogP) is -2.24. The van der Waals surface area contributed by atoms with Crippen molar-refractivity contribution in [1.82, 2.24) is 6.15 Å². The van der Waals surface area contributed by atoms with Gasteiger partial charge in [0, 0.05) is 18.9 Å². The molecular formula is C6H13CoNO6. The molecule has 0 aliphatic heterocycles. The van der Waals surface area contributed by atoms with Gasteiger partial charge in [0.2, 0.25) is 0 Å². The summed E-state index contributed by atoms with van der Waals surface area (Å²) in [4.78, 5) is 26.8. The van der Waals surface area contributed by atoms with Gasteiger partial charge in [-0.25, -0.2) is 0 Å². The fourth-order valence-electron chi connectivity index (χ4n) is 0. The number of hydrogen-bond acceptors (Lipinski definition) is 6. The number of aliphatic carboxylic acids is 3. The molecule has 0 fully saturated rings. The van der Waals surface area contributed by atoms with E-state index in [0.717, 1.165) is 20.8 Å². The fourth-order valence-corrected chi connectivity index (χ4v) is 0. The molecule has 0 saturated carbocycles. The molecule has 0 saturated heterocycles. The van der Waals surface area contributed by atoms with E-state index in [1.807, 2.05) is 0 Å². The standard InChI is InChI=1S/3C2H4O2.Co.H3N/c3*1-2(3)4;;/h3*1H3,(H,3,4);;1H3/q;;;+2;/p-2. The van der Waals surface area contributed by atoms with Crippen molar-refractivity contribution < 1.29 is 46.5 Å². The van der Waals surface area contributed by atoms with Crippen LogP contribution in [0.15, 0.2) is 0 Å². The van der Waals surface area contributed by atoms with Gasteiger partial charge in [-0.3, -0.25) is 4.79 Å². The van der Waals surface area contributed by atoms with Crippen LogP contribution in [-0.4, -0.2) is 23.0 Å². The molecule has 14 heavy (non-hydrogen) atoms. The zero-order valence-corrected chi connectivity index (χ0v) is 9.07. The predicted molar refractivity (Wildman–Crippen MR) is 39.7 cm³/mol. The Hall–Kier alpha value is -1.12. The first kappa shape index (κ1) is 29.3. The van der Waals surface area contributed by atoms with E-state index in [-0.39, 0.29) is 22.9 Å². The van der Waals surface area contributed by atoms with E-state index in [1.54, 1.807) is 0 Å². The van der Waals surface area contributed by atoms with E-state index >= 15 is 0 Å². The SMILES string of the molecule is CC(=O)O.CC(=O)[O-].CC(=O)[O-].N.[Co+2]. The van der Waals surface area contributed by atoms with Crippen LogP contribution in [0.1, 0.15) is 20.8 Å². The summed E-state index contributed by atoms with van der Waals surface area (Å²) in [6, 6.07) is 0. The van der Waals surface area contributed by atoms with Crippen molar-refractivity contribution in [2.45, 2.75) is 20.8 Å². The number of carboxylic acids is 3. The molecule has 0 atom stereocenters. The maximum absolute atomic E-state index is 9.00. The van der Waals surface area contributed by atoms with Crippen LogP contribution in [0.5, 0.6) is 0 Å². The summed E-state index contributed by atoms with van der Waals surface area (Å²) < 4.78 is 0. The molecule has 0 aliphatic rings. The molecule has 7 nitrogen and oxygen atoms in total. The van der Waals surface area contributed by atoms with Crippen LogP contribution in [0.4, 0.5) is 0 Å². The maximum Gasteiger partial charge on any atom is 2.00 e. The van der Waals surface area contributed by atoms with Crippen molar-refractivity contribution in [3.05, 3.63) is 0 Å². The molecule has 0 rings (SSSR count). The molecule has 0 spiro atoms. The van der Waals surface area contributed by atoms with Gasteiger partial charge in [0.05, 0.1) is 0 Å². The van der Waals surface area contributed by atoms with Gasteiger partial charge < -0.3 is 31.1 Å². The summed E-state index contributed by atoms with van der Waals surface area (Å²) in [5, 5.41) is 25.2. The molecule has 0 bridgehead atoms. The molecule has 4 N–H and O–H groups in total. The number of hydrogen-bond donors (Lipinski definition) is 2. The van der Waals surface area contributed by atoms with E-state index in [9.17, 15) is 0 Å². The first-order valence-corrected chi connectivity index (χ1v) is 2.74.